The fourth-order valence-electron chi connectivity index (χ4n) is 0. The first-order valence-corrected chi connectivity index (χ1v) is 1.44. The molecule has 50 valence electrons. The molecule has 0 bridgehead atoms. The summed E-state index contributed by atoms with van der Waals surface area (Å²) in [5, 5.41) is 0. The first-order chi connectivity index (χ1) is 3.68. The lowest BCUT2D eigenvalue weighted by Crippen LogP contribution is -1.83. The van der Waals surface area contributed by atoms with E-state index in [-0.39, 0.29) is 5.76 Å². The first kappa shape index (κ1) is 10.3. The van der Waals surface area contributed by atoms with Crippen LogP contribution in [0.2, 0.25) is 0 Å². The molecule has 8 heavy (non-hydrogen) atoms. The normalized spacial score (nSPS) is 6.50. The van der Waals surface area contributed by atoms with Gasteiger partial charge < -0.3 is 0 Å². The van der Waals surface area contributed by atoms with E-state index in [1.165, 1.54) is 0 Å². The van der Waals surface area contributed by atoms with E-state index in [4.69, 9.17) is 0 Å². The minimum Gasteiger partial charge on any atom is -0.255 e. The quantitative estimate of drug-likeness (QED) is 0.493. The van der Waals surface area contributed by atoms with Crippen LogP contribution in [0.3, 0.4) is 0 Å². The molecule has 0 aromatic rings. The molecule has 0 aromatic heterocycles. The van der Waals surface area contributed by atoms with Crippen LogP contribution in [0.4, 0.5) is 13.5 Å². The van der Waals surface area contributed by atoms with Gasteiger partial charge in [-0.25, -0.2) is 4.79 Å². The molecule has 0 unspecified atom stereocenters. The van der Waals surface area contributed by atoms with E-state index in [0.717, 1.165) is 6.92 Å². The second-order valence-electron chi connectivity index (χ2n) is 0.640. The smallest absolute Gasteiger partial charge is 0.255 e. The van der Waals surface area contributed by atoms with Crippen molar-refractivity contribution in [1.82, 2.24) is 5.76 Å². The third-order valence-corrected chi connectivity index (χ3v) is 0.109. The van der Waals surface area contributed by atoms with Crippen molar-refractivity contribution >= 4 is 5.97 Å². The van der Waals surface area contributed by atoms with Crippen molar-refractivity contribution in [3.8, 4) is 0 Å². The van der Waals surface area contributed by atoms with Gasteiger partial charge in [0.2, 0.25) is 0 Å². The molecular weight excluding hydrogens is 127 g/mol. The molecule has 0 fully saturated rings. The minimum absolute atomic E-state index is 0.250. The van der Waals surface area contributed by atoms with E-state index in [1.54, 1.807) is 0 Å². The summed E-state index contributed by atoms with van der Waals surface area (Å²) in [6, 6.07) is 0. The summed E-state index contributed by atoms with van der Waals surface area (Å²) < 4.78 is 29.0. The number of nitrogens with one attached hydrogen (secondary N) is 1. The zero-order chi connectivity index (χ0) is 6.99. The summed E-state index contributed by atoms with van der Waals surface area (Å²) in [6.07, 6.45) is 0. The predicted molar refractivity (Wildman–Crippen MR) is 18.2 cm³/mol. The van der Waals surface area contributed by atoms with Crippen LogP contribution in [0, 0.1) is 0 Å². The summed E-state index contributed by atoms with van der Waals surface area (Å²) >= 11 is 0. The second-order valence-corrected chi connectivity index (χ2v) is 0.640. The van der Waals surface area contributed by atoms with Crippen LogP contribution in [-0.4, -0.2) is 5.97 Å². The van der Waals surface area contributed by atoms with E-state index >= 15 is 0 Å². The molecule has 0 atom stereocenters. The molecular formula is C2H4F3NO2. The van der Waals surface area contributed by atoms with Crippen LogP contribution in [0.1, 0.15) is 6.92 Å². The fraction of sp³-hybridized carbons (Fsp3) is 0.500. The average molecular weight is 131 g/mol. The zero-order valence-electron chi connectivity index (χ0n) is 3.95. The number of hydrogen-bond donors (Lipinski definition) is 1. The van der Waals surface area contributed by atoms with Gasteiger partial charge >= 0.3 is 5.97 Å². The van der Waals surface area contributed by atoms with Crippen LogP contribution in [-0.2, 0) is 9.74 Å². The van der Waals surface area contributed by atoms with Gasteiger partial charge in [-0.15, -0.1) is 8.96 Å². The highest BCUT2D eigenvalue weighted by molar-refractivity contribution is 5.64. The molecule has 0 radical (unpaired) electrons. The number of carbonyl (C=O) groups excluding carboxylic acids is 1. The second kappa shape index (κ2) is 9.52. The predicted octanol–water partition coefficient (Wildman–Crippen LogP) is 0.779. The van der Waals surface area contributed by atoms with Crippen molar-refractivity contribution in [3.63, 3.8) is 0 Å². The standard InChI is InChI=1S/C2H3FO2.F2HN/c1-2(4)5-3;1-3-2/h1H3;3H. The molecule has 0 aliphatic heterocycles. The summed E-state index contributed by atoms with van der Waals surface area (Å²) in [7, 11) is 0. The number of carbonyl (C=O) groups is 1. The maximum atomic E-state index is 10.3. The Morgan fingerprint density at radius 3 is 1.75 bits per heavy atom. The maximum Gasteiger partial charge on any atom is 0.345 e. The van der Waals surface area contributed by atoms with Crippen LogP contribution in [0.15, 0.2) is 0 Å². The SMILES string of the molecule is CC(=O)OF.FNF. The maximum absolute atomic E-state index is 10.3. The van der Waals surface area contributed by atoms with E-state index in [2.05, 4.69) is 4.94 Å². The third kappa shape index (κ3) is 62.5. The van der Waals surface area contributed by atoms with Crippen molar-refractivity contribution in [2.24, 2.45) is 0 Å². The number of rotatable bonds is 0. The molecule has 0 saturated heterocycles. The summed E-state index contributed by atoms with van der Waals surface area (Å²) in [4.78, 5) is 11.8. The Morgan fingerprint density at radius 2 is 1.75 bits per heavy atom. The molecule has 0 amide bonds. The largest absolute Gasteiger partial charge is 0.345 e. The molecule has 0 spiro atoms. The van der Waals surface area contributed by atoms with Gasteiger partial charge in [0.15, 0.2) is 0 Å². The Bertz CT molecular complexity index is 59.2. The Labute approximate surface area is 43.2 Å². The highest BCUT2D eigenvalue weighted by atomic mass is 19.4. The van der Waals surface area contributed by atoms with Gasteiger partial charge in [0, 0.05) is 17.2 Å². The third-order valence-electron chi connectivity index (χ3n) is 0.109. The van der Waals surface area contributed by atoms with Gasteiger partial charge in [0.1, 0.15) is 0 Å². The topological polar surface area (TPSA) is 38.3 Å². The lowest BCUT2D eigenvalue weighted by molar-refractivity contribution is -0.180. The first-order valence-electron chi connectivity index (χ1n) is 1.44. The highest BCUT2D eigenvalue weighted by Gasteiger charge is 1.81. The molecule has 0 saturated carbocycles. The van der Waals surface area contributed by atoms with E-state index < -0.39 is 5.97 Å². The van der Waals surface area contributed by atoms with Crippen molar-refractivity contribution in [1.29, 1.82) is 0 Å². The zero-order valence-corrected chi connectivity index (χ0v) is 3.95. The average Bonchev–Trinajstić information content (AvgIpc) is 1.69. The monoisotopic (exact) mass is 131 g/mol. The van der Waals surface area contributed by atoms with Gasteiger partial charge in [0.05, 0.1) is 0 Å². The molecule has 0 aliphatic rings. The summed E-state index contributed by atoms with van der Waals surface area (Å²) in [6.45, 7) is 0.986. The number of hydrogen-bond acceptors (Lipinski definition) is 3. The molecule has 0 aliphatic carbocycles. The highest BCUT2D eigenvalue weighted by Crippen LogP contribution is 1.69. The van der Waals surface area contributed by atoms with E-state index in [0.29, 0.717) is 0 Å². The summed E-state index contributed by atoms with van der Waals surface area (Å²) in [5.41, 5.74) is 0. The van der Waals surface area contributed by atoms with E-state index in [9.17, 15) is 18.3 Å². The molecule has 1 N–H and O–H groups in total. The van der Waals surface area contributed by atoms with Crippen LogP contribution < -0.4 is 5.76 Å². The van der Waals surface area contributed by atoms with E-state index in [1.807, 2.05) is 0 Å². The van der Waals surface area contributed by atoms with Crippen LogP contribution in [0.25, 0.3) is 0 Å². The van der Waals surface area contributed by atoms with Gasteiger partial charge in [-0.2, -0.15) is 0 Å². The van der Waals surface area contributed by atoms with Gasteiger partial charge in [0.25, 0.3) is 0 Å². The van der Waals surface area contributed by atoms with Crippen molar-refractivity contribution in [2.45, 2.75) is 6.92 Å². The van der Waals surface area contributed by atoms with Crippen molar-refractivity contribution < 1.29 is 23.2 Å². The number of halogens is 3. The molecule has 0 aromatic carbocycles. The van der Waals surface area contributed by atoms with Crippen LogP contribution >= 0.6 is 0 Å². The minimum atomic E-state index is -0.912. The molecule has 0 heterocycles. The molecule has 6 heteroatoms. The van der Waals surface area contributed by atoms with Crippen molar-refractivity contribution in [2.75, 3.05) is 0 Å². The molecule has 3 nitrogen and oxygen atoms in total. The summed E-state index contributed by atoms with van der Waals surface area (Å²) in [5.74, 6) is -1.16. The van der Waals surface area contributed by atoms with Gasteiger partial charge in [-0.05, 0) is 0 Å². The van der Waals surface area contributed by atoms with Gasteiger partial charge in [-0.3, -0.25) is 4.94 Å². The Morgan fingerprint density at radius 1 is 1.62 bits per heavy atom. The Kier molecular flexibility index (Phi) is 12.2. The Balaban J connectivity index is 0. The van der Waals surface area contributed by atoms with Crippen LogP contribution in [0.5, 0.6) is 0 Å². The molecule has 0 rings (SSSR count). The lowest BCUT2D eigenvalue weighted by atomic mass is 10.9. The fourth-order valence-corrected chi connectivity index (χ4v) is 0. The van der Waals surface area contributed by atoms with Gasteiger partial charge in [-0.1, -0.05) is 0 Å². The lowest BCUT2D eigenvalue weighted by Gasteiger charge is -1.71. The Hall–Kier alpha value is -0.780. The van der Waals surface area contributed by atoms with Crippen molar-refractivity contribution in [3.05, 3.63) is 0 Å².